The van der Waals surface area contributed by atoms with E-state index in [0.717, 1.165) is 17.0 Å². The summed E-state index contributed by atoms with van der Waals surface area (Å²) < 4.78 is 0. The predicted octanol–water partition coefficient (Wildman–Crippen LogP) is 4.35. The summed E-state index contributed by atoms with van der Waals surface area (Å²) >= 11 is 13.4. The SMILES string of the molecule is CC1CC(CN)CN1C(=O)c1csc(-c2ccc(Cl)c(Cl)c2)n1.Cl. The molecule has 8 heteroatoms. The third-order valence-electron chi connectivity index (χ3n) is 4.15. The number of amides is 1. The molecule has 1 fully saturated rings. The average Bonchev–Trinajstić information content (AvgIpc) is 3.16. The van der Waals surface area contributed by atoms with E-state index in [9.17, 15) is 4.79 Å². The number of likely N-dealkylation sites (tertiary alicyclic amines) is 1. The number of hydrogen-bond acceptors (Lipinski definition) is 4. The van der Waals surface area contributed by atoms with Crippen LogP contribution in [0.1, 0.15) is 23.8 Å². The molecule has 2 aromatic rings. The quantitative estimate of drug-likeness (QED) is 0.824. The summed E-state index contributed by atoms with van der Waals surface area (Å²) in [5.74, 6) is 0.345. The summed E-state index contributed by atoms with van der Waals surface area (Å²) in [6.45, 7) is 3.37. The molecule has 0 radical (unpaired) electrons. The minimum Gasteiger partial charge on any atom is -0.334 e. The Morgan fingerprint density at radius 1 is 1.42 bits per heavy atom. The molecule has 3 rings (SSSR count). The number of hydrogen-bond donors (Lipinski definition) is 1. The zero-order valence-corrected chi connectivity index (χ0v) is 16.2. The Morgan fingerprint density at radius 3 is 2.79 bits per heavy atom. The zero-order valence-electron chi connectivity index (χ0n) is 13.0. The molecule has 1 amide bonds. The Hall–Kier alpha value is -0.850. The zero-order chi connectivity index (χ0) is 16.6. The number of benzene rings is 1. The summed E-state index contributed by atoms with van der Waals surface area (Å²) in [6, 6.07) is 5.55. The van der Waals surface area contributed by atoms with Gasteiger partial charge in [0.15, 0.2) is 0 Å². The summed E-state index contributed by atoms with van der Waals surface area (Å²) in [5, 5.41) is 3.53. The van der Waals surface area contributed by atoms with E-state index >= 15 is 0 Å². The van der Waals surface area contributed by atoms with Gasteiger partial charge in [-0.3, -0.25) is 4.79 Å². The first-order chi connectivity index (χ1) is 11.0. The van der Waals surface area contributed by atoms with Crippen molar-refractivity contribution >= 4 is 52.9 Å². The second-order valence-corrected chi connectivity index (χ2v) is 7.48. The number of nitrogens with zero attached hydrogens (tertiary/aromatic N) is 2. The van der Waals surface area contributed by atoms with Crippen molar-refractivity contribution in [1.29, 1.82) is 0 Å². The number of nitrogens with two attached hydrogens (primary N) is 1. The molecule has 2 N–H and O–H groups in total. The van der Waals surface area contributed by atoms with E-state index in [1.54, 1.807) is 17.5 Å². The molecule has 0 aliphatic carbocycles. The third kappa shape index (κ3) is 3.86. The molecular weight excluding hydrogens is 389 g/mol. The highest BCUT2D eigenvalue weighted by atomic mass is 35.5. The first-order valence-corrected chi connectivity index (χ1v) is 9.05. The Morgan fingerprint density at radius 2 is 2.17 bits per heavy atom. The summed E-state index contributed by atoms with van der Waals surface area (Å²) in [6.07, 6.45) is 0.950. The molecule has 4 nitrogen and oxygen atoms in total. The highest BCUT2D eigenvalue weighted by Crippen LogP contribution is 2.31. The van der Waals surface area contributed by atoms with Crippen LogP contribution >= 0.6 is 46.9 Å². The van der Waals surface area contributed by atoms with Crippen LogP contribution in [0.5, 0.6) is 0 Å². The molecule has 24 heavy (non-hydrogen) atoms. The minimum absolute atomic E-state index is 0. The van der Waals surface area contributed by atoms with Crippen molar-refractivity contribution in [3.8, 4) is 10.6 Å². The Bertz CT molecular complexity index is 737. The first kappa shape index (κ1) is 19.5. The van der Waals surface area contributed by atoms with Gasteiger partial charge in [-0.2, -0.15) is 0 Å². The molecule has 0 saturated carbocycles. The predicted molar refractivity (Wildman–Crippen MR) is 102 cm³/mol. The van der Waals surface area contributed by atoms with Gasteiger partial charge in [-0.25, -0.2) is 4.98 Å². The lowest BCUT2D eigenvalue weighted by atomic mass is 10.1. The minimum atomic E-state index is -0.0315. The van der Waals surface area contributed by atoms with Crippen LogP contribution in [0.15, 0.2) is 23.6 Å². The van der Waals surface area contributed by atoms with Crippen LogP contribution in [0.4, 0.5) is 0 Å². The van der Waals surface area contributed by atoms with E-state index < -0.39 is 0 Å². The lowest BCUT2D eigenvalue weighted by Crippen LogP contribution is -2.34. The molecule has 2 heterocycles. The molecule has 2 unspecified atom stereocenters. The fourth-order valence-electron chi connectivity index (χ4n) is 2.88. The molecule has 0 spiro atoms. The molecule has 1 aromatic carbocycles. The Kier molecular flexibility index (Phi) is 6.51. The summed E-state index contributed by atoms with van der Waals surface area (Å²) in [4.78, 5) is 19.0. The fraction of sp³-hybridized carbons (Fsp3) is 0.375. The maximum Gasteiger partial charge on any atom is 0.273 e. The van der Waals surface area contributed by atoms with Gasteiger partial charge in [0.05, 0.1) is 10.0 Å². The van der Waals surface area contributed by atoms with Crippen molar-refractivity contribution < 1.29 is 4.79 Å². The molecule has 0 bridgehead atoms. The molecule has 2 atom stereocenters. The summed E-state index contributed by atoms with van der Waals surface area (Å²) in [7, 11) is 0. The number of carbonyl (C=O) groups excluding carboxylic acids is 1. The van der Waals surface area contributed by atoms with Gasteiger partial charge in [0.25, 0.3) is 5.91 Å². The van der Waals surface area contributed by atoms with Gasteiger partial charge in [-0.05, 0) is 37.9 Å². The highest BCUT2D eigenvalue weighted by Gasteiger charge is 2.33. The third-order valence-corrected chi connectivity index (χ3v) is 5.78. The fourth-order valence-corrected chi connectivity index (χ4v) is 3.97. The molecular formula is C16H18Cl3N3OS. The van der Waals surface area contributed by atoms with Crippen molar-refractivity contribution in [3.05, 3.63) is 39.3 Å². The average molecular weight is 407 g/mol. The monoisotopic (exact) mass is 405 g/mol. The van der Waals surface area contributed by atoms with Crippen LogP contribution in [-0.4, -0.2) is 34.9 Å². The Balaban J connectivity index is 0.00000208. The van der Waals surface area contributed by atoms with Crippen molar-refractivity contribution in [3.63, 3.8) is 0 Å². The Labute approximate surface area is 161 Å². The molecule has 1 aliphatic rings. The second kappa shape index (κ2) is 8.02. The van der Waals surface area contributed by atoms with Crippen LogP contribution in [0.3, 0.4) is 0 Å². The van der Waals surface area contributed by atoms with Gasteiger partial charge < -0.3 is 10.6 Å². The van der Waals surface area contributed by atoms with E-state index in [1.807, 2.05) is 11.0 Å². The van der Waals surface area contributed by atoms with Gasteiger partial charge in [-0.1, -0.05) is 29.3 Å². The van der Waals surface area contributed by atoms with Crippen LogP contribution < -0.4 is 5.73 Å². The number of halogens is 3. The number of rotatable bonds is 3. The van der Waals surface area contributed by atoms with E-state index in [2.05, 4.69) is 11.9 Å². The van der Waals surface area contributed by atoms with E-state index in [0.29, 0.717) is 34.7 Å². The van der Waals surface area contributed by atoms with Crippen LogP contribution in [-0.2, 0) is 0 Å². The maximum absolute atomic E-state index is 12.7. The standard InChI is InChI=1S/C16H17Cl2N3OS.ClH/c1-9-4-10(6-19)7-21(9)16(22)14-8-23-15(20-14)11-2-3-12(17)13(18)5-11;/h2-3,5,8-10H,4,6-7,19H2,1H3;1H. The van der Waals surface area contributed by atoms with E-state index in [-0.39, 0.29) is 24.4 Å². The molecule has 130 valence electrons. The smallest absolute Gasteiger partial charge is 0.273 e. The van der Waals surface area contributed by atoms with Gasteiger partial charge in [0.2, 0.25) is 0 Å². The van der Waals surface area contributed by atoms with Gasteiger partial charge in [0.1, 0.15) is 10.7 Å². The van der Waals surface area contributed by atoms with Gasteiger partial charge in [0, 0.05) is 23.5 Å². The normalized spacial score (nSPS) is 20.1. The maximum atomic E-state index is 12.7. The first-order valence-electron chi connectivity index (χ1n) is 7.41. The lowest BCUT2D eigenvalue weighted by molar-refractivity contribution is 0.0738. The number of carbonyl (C=O) groups is 1. The van der Waals surface area contributed by atoms with Gasteiger partial charge in [-0.15, -0.1) is 23.7 Å². The van der Waals surface area contributed by atoms with Crippen LogP contribution in [0, 0.1) is 5.92 Å². The van der Waals surface area contributed by atoms with Crippen LogP contribution in [0.2, 0.25) is 10.0 Å². The van der Waals surface area contributed by atoms with E-state index in [4.69, 9.17) is 28.9 Å². The van der Waals surface area contributed by atoms with Gasteiger partial charge >= 0.3 is 0 Å². The largest absolute Gasteiger partial charge is 0.334 e. The van der Waals surface area contributed by atoms with Crippen LogP contribution in [0.25, 0.3) is 10.6 Å². The highest BCUT2D eigenvalue weighted by molar-refractivity contribution is 7.13. The topological polar surface area (TPSA) is 59.2 Å². The van der Waals surface area contributed by atoms with E-state index in [1.165, 1.54) is 11.3 Å². The molecule has 1 aromatic heterocycles. The molecule has 1 aliphatic heterocycles. The summed E-state index contributed by atoms with van der Waals surface area (Å²) in [5.41, 5.74) is 7.06. The lowest BCUT2D eigenvalue weighted by Gasteiger charge is -2.20. The number of thiazole rings is 1. The van der Waals surface area contributed by atoms with Crippen molar-refractivity contribution in [2.24, 2.45) is 11.7 Å². The molecule has 1 saturated heterocycles. The van der Waals surface area contributed by atoms with Crippen molar-refractivity contribution in [2.45, 2.75) is 19.4 Å². The number of aromatic nitrogens is 1. The van der Waals surface area contributed by atoms with Crippen molar-refractivity contribution in [2.75, 3.05) is 13.1 Å². The second-order valence-electron chi connectivity index (χ2n) is 5.81. The van der Waals surface area contributed by atoms with Crippen molar-refractivity contribution in [1.82, 2.24) is 9.88 Å².